The fraction of sp³-hybridized carbons (Fsp3) is 0.600. The van der Waals surface area contributed by atoms with Gasteiger partial charge in [0.2, 0.25) is 11.8 Å². The number of nitrogens with zero attached hydrogens (tertiary/aromatic N) is 1. The Hall–Kier alpha value is -1.88. The molecule has 1 aromatic rings. The number of piperidine rings is 2. The highest BCUT2D eigenvalue weighted by atomic mass is 16.2. The molecule has 3 aliphatic rings. The van der Waals surface area contributed by atoms with Gasteiger partial charge in [0, 0.05) is 32.6 Å². The first-order chi connectivity index (χ1) is 12.1. The number of hydrogen-bond donors (Lipinski definition) is 2. The van der Waals surface area contributed by atoms with E-state index in [4.69, 9.17) is 0 Å². The molecule has 3 aliphatic heterocycles. The van der Waals surface area contributed by atoms with E-state index in [0.29, 0.717) is 24.8 Å². The summed E-state index contributed by atoms with van der Waals surface area (Å²) in [6, 6.07) is 10.00. The third-order valence-electron chi connectivity index (χ3n) is 6.55. The predicted molar refractivity (Wildman–Crippen MR) is 96.1 cm³/mol. The number of amides is 2. The van der Waals surface area contributed by atoms with Crippen LogP contribution in [0, 0.1) is 5.41 Å². The summed E-state index contributed by atoms with van der Waals surface area (Å²) in [5.41, 5.74) is 0.827. The number of carbonyl (C=O) groups excluding carboxylic acids is 2. The molecular weight excluding hydrogens is 314 g/mol. The smallest absolute Gasteiger partial charge is 0.235 e. The summed E-state index contributed by atoms with van der Waals surface area (Å²) >= 11 is 0. The molecular formula is C20H27N3O2. The first-order valence-electron chi connectivity index (χ1n) is 9.46. The Morgan fingerprint density at radius 2 is 1.76 bits per heavy atom. The minimum absolute atomic E-state index is 0.0500. The van der Waals surface area contributed by atoms with E-state index in [1.807, 2.05) is 35.2 Å². The van der Waals surface area contributed by atoms with E-state index < -0.39 is 5.41 Å². The fourth-order valence-electron chi connectivity index (χ4n) is 4.77. The Morgan fingerprint density at radius 3 is 2.36 bits per heavy atom. The maximum atomic E-state index is 13.5. The number of likely N-dealkylation sites (tertiary alicyclic amines) is 1. The fourth-order valence-corrected chi connectivity index (χ4v) is 4.77. The molecule has 1 aromatic carbocycles. The third-order valence-corrected chi connectivity index (χ3v) is 6.55. The highest BCUT2D eigenvalue weighted by Gasteiger charge is 2.47. The van der Waals surface area contributed by atoms with Gasteiger partial charge in [0.05, 0.1) is 5.41 Å². The van der Waals surface area contributed by atoms with Crippen LogP contribution in [0.15, 0.2) is 30.3 Å². The number of nitrogens with one attached hydrogen (secondary N) is 2. The molecule has 3 fully saturated rings. The van der Waals surface area contributed by atoms with E-state index in [9.17, 15) is 9.59 Å². The van der Waals surface area contributed by atoms with Crippen molar-refractivity contribution in [2.45, 2.75) is 37.5 Å². The molecule has 134 valence electrons. The molecule has 0 radical (unpaired) electrons. The molecule has 3 heterocycles. The van der Waals surface area contributed by atoms with Crippen molar-refractivity contribution < 1.29 is 9.59 Å². The lowest BCUT2D eigenvalue weighted by Crippen LogP contribution is -2.58. The summed E-state index contributed by atoms with van der Waals surface area (Å²) in [6.45, 7) is 4.28. The third kappa shape index (κ3) is 2.95. The van der Waals surface area contributed by atoms with Crippen LogP contribution in [0.2, 0.25) is 0 Å². The SMILES string of the molecule is O=C1CCC(C(=O)N2CCC3(CCNC3)CC2)(c2ccccc2)CN1. The van der Waals surface area contributed by atoms with Crippen LogP contribution < -0.4 is 10.6 Å². The lowest BCUT2D eigenvalue weighted by molar-refractivity contribution is -0.142. The second-order valence-corrected chi connectivity index (χ2v) is 7.94. The average Bonchev–Trinajstić information content (AvgIpc) is 3.11. The monoisotopic (exact) mass is 341 g/mol. The average molecular weight is 341 g/mol. The van der Waals surface area contributed by atoms with Crippen LogP contribution in [-0.2, 0) is 15.0 Å². The van der Waals surface area contributed by atoms with Crippen molar-refractivity contribution in [3.8, 4) is 0 Å². The summed E-state index contributed by atoms with van der Waals surface area (Å²) in [4.78, 5) is 27.3. The van der Waals surface area contributed by atoms with Crippen molar-refractivity contribution in [1.82, 2.24) is 15.5 Å². The zero-order chi connectivity index (χ0) is 17.3. The highest BCUT2D eigenvalue weighted by Crippen LogP contribution is 2.40. The van der Waals surface area contributed by atoms with Crippen LogP contribution in [0.4, 0.5) is 0 Å². The Labute approximate surface area is 149 Å². The van der Waals surface area contributed by atoms with Crippen LogP contribution in [0.25, 0.3) is 0 Å². The highest BCUT2D eigenvalue weighted by molar-refractivity contribution is 5.91. The lowest BCUT2D eigenvalue weighted by Gasteiger charge is -2.44. The van der Waals surface area contributed by atoms with Crippen molar-refractivity contribution in [3.05, 3.63) is 35.9 Å². The van der Waals surface area contributed by atoms with Crippen molar-refractivity contribution >= 4 is 11.8 Å². The second-order valence-electron chi connectivity index (χ2n) is 7.94. The van der Waals surface area contributed by atoms with Gasteiger partial charge >= 0.3 is 0 Å². The normalized spacial score (nSPS) is 28.8. The summed E-state index contributed by atoms with van der Waals surface area (Å²) in [5, 5.41) is 6.42. The molecule has 1 unspecified atom stereocenters. The van der Waals surface area contributed by atoms with Gasteiger partial charge in [-0.15, -0.1) is 0 Å². The summed E-state index contributed by atoms with van der Waals surface area (Å²) in [6.07, 6.45) is 4.42. The van der Waals surface area contributed by atoms with Crippen molar-refractivity contribution in [1.29, 1.82) is 0 Å². The molecule has 5 nitrogen and oxygen atoms in total. The molecule has 2 N–H and O–H groups in total. The van der Waals surface area contributed by atoms with E-state index in [1.54, 1.807) is 0 Å². The Morgan fingerprint density at radius 1 is 1.00 bits per heavy atom. The minimum atomic E-state index is -0.604. The standard InChI is InChI=1S/C20H27N3O2/c24-17-6-7-20(15-22-17,16-4-2-1-3-5-16)18(25)23-12-9-19(10-13-23)8-11-21-14-19/h1-5,21H,6-15H2,(H,22,24). The summed E-state index contributed by atoms with van der Waals surface area (Å²) in [7, 11) is 0. The molecule has 0 bridgehead atoms. The molecule has 0 aromatic heterocycles. The number of benzene rings is 1. The molecule has 4 rings (SSSR count). The van der Waals surface area contributed by atoms with E-state index in [-0.39, 0.29) is 11.8 Å². The van der Waals surface area contributed by atoms with Crippen LogP contribution in [0.5, 0.6) is 0 Å². The van der Waals surface area contributed by atoms with Gasteiger partial charge < -0.3 is 15.5 Å². The zero-order valence-corrected chi connectivity index (χ0v) is 14.7. The van der Waals surface area contributed by atoms with Gasteiger partial charge in [-0.3, -0.25) is 9.59 Å². The van der Waals surface area contributed by atoms with Crippen molar-refractivity contribution in [2.75, 3.05) is 32.7 Å². The quantitative estimate of drug-likeness (QED) is 0.856. The largest absolute Gasteiger partial charge is 0.355 e. The second kappa shape index (κ2) is 6.45. The summed E-state index contributed by atoms with van der Waals surface area (Å²) in [5.74, 6) is 0.244. The molecule has 3 saturated heterocycles. The molecule has 2 amide bonds. The van der Waals surface area contributed by atoms with E-state index in [2.05, 4.69) is 10.6 Å². The van der Waals surface area contributed by atoms with E-state index >= 15 is 0 Å². The van der Waals surface area contributed by atoms with Crippen LogP contribution >= 0.6 is 0 Å². The maximum absolute atomic E-state index is 13.5. The van der Waals surface area contributed by atoms with Crippen molar-refractivity contribution in [3.63, 3.8) is 0 Å². The predicted octanol–water partition coefficient (Wildman–Crippen LogP) is 1.44. The zero-order valence-electron chi connectivity index (χ0n) is 14.7. The topological polar surface area (TPSA) is 61.4 Å². The first-order valence-corrected chi connectivity index (χ1v) is 9.46. The molecule has 25 heavy (non-hydrogen) atoms. The van der Waals surface area contributed by atoms with Gasteiger partial charge in [-0.25, -0.2) is 0 Å². The Balaban J connectivity index is 1.55. The number of carbonyl (C=O) groups is 2. The number of hydrogen-bond acceptors (Lipinski definition) is 3. The molecule has 1 spiro atoms. The van der Waals surface area contributed by atoms with Gasteiger partial charge in [0.25, 0.3) is 0 Å². The van der Waals surface area contributed by atoms with Gasteiger partial charge in [0.1, 0.15) is 0 Å². The molecule has 5 heteroatoms. The van der Waals surface area contributed by atoms with Crippen molar-refractivity contribution in [2.24, 2.45) is 5.41 Å². The minimum Gasteiger partial charge on any atom is -0.355 e. The van der Waals surface area contributed by atoms with Gasteiger partial charge in [-0.2, -0.15) is 0 Å². The van der Waals surface area contributed by atoms with Crippen LogP contribution in [-0.4, -0.2) is 49.4 Å². The number of rotatable bonds is 2. The maximum Gasteiger partial charge on any atom is 0.235 e. The molecule has 0 aliphatic carbocycles. The molecule has 1 atom stereocenters. The van der Waals surface area contributed by atoms with Gasteiger partial charge in [-0.05, 0) is 43.2 Å². The Bertz CT molecular complexity index is 632. The summed E-state index contributed by atoms with van der Waals surface area (Å²) < 4.78 is 0. The van der Waals surface area contributed by atoms with E-state index in [1.165, 1.54) is 6.42 Å². The van der Waals surface area contributed by atoms with Crippen LogP contribution in [0.3, 0.4) is 0 Å². The lowest BCUT2D eigenvalue weighted by atomic mass is 9.72. The van der Waals surface area contributed by atoms with E-state index in [0.717, 1.165) is 44.6 Å². The van der Waals surface area contributed by atoms with Gasteiger partial charge in [-0.1, -0.05) is 30.3 Å². The molecule has 0 saturated carbocycles. The van der Waals surface area contributed by atoms with Crippen LogP contribution in [0.1, 0.15) is 37.7 Å². The Kier molecular flexibility index (Phi) is 4.28. The van der Waals surface area contributed by atoms with Gasteiger partial charge in [0.15, 0.2) is 0 Å². The first kappa shape index (κ1) is 16.6.